The minimum Gasteiger partial charge on any atom is -0.493 e. The first kappa shape index (κ1) is 22.9. The zero-order chi connectivity index (χ0) is 23.8. The van der Waals surface area contributed by atoms with Crippen LogP contribution in [0, 0.1) is 0 Å². The van der Waals surface area contributed by atoms with Gasteiger partial charge in [-0.3, -0.25) is 20.4 Å². The number of carbonyl (C=O) groups is 2. The Morgan fingerprint density at radius 2 is 1.44 bits per heavy atom. The van der Waals surface area contributed by atoms with E-state index in [4.69, 9.17) is 9.47 Å². The Hall–Kier alpha value is -4.32. The average Bonchev–Trinajstić information content (AvgIpc) is 2.88. The van der Waals surface area contributed by atoms with Crippen molar-refractivity contribution < 1.29 is 19.1 Å². The molecular weight excluding hydrogens is 428 g/mol. The first-order valence-electron chi connectivity index (χ1n) is 11.1. The molecule has 0 bridgehead atoms. The van der Waals surface area contributed by atoms with Gasteiger partial charge in [-0.15, -0.1) is 0 Å². The maximum Gasteiger partial charge on any atom is 0.279 e. The van der Waals surface area contributed by atoms with Crippen LogP contribution in [0.25, 0.3) is 10.8 Å². The topological polar surface area (TPSA) is 76.7 Å². The van der Waals surface area contributed by atoms with Gasteiger partial charge in [0.25, 0.3) is 11.8 Å². The Kier molecular flexibility index (Phi) is 7.40. The Bertz CT molecular complexity index is 1260. The van der Waals surface area contributed by atoms with Gasteiger partial charge in [0.15, 0.2) is 6.10 Å². The summed E-state index contributed by atoms with van der Waals surface area (Å²) >= 11 is 0. The number of amides is 2. The van der Waals surface area contributed by atoms with Crippen molar-refractivity contribution in [2.45, 2.75) is 19.4 Å². The van der Waals surface area contributed by atoms with Crippen molar-refractivity contribution in [3.8, 4) is 11.5 Å². The summed E-state index contributed by atoms with van der Waals surface area (Å²) in [4.78, 5) is 24.7. The average molecular weight is 455 g/mol. The highest BCUT2D eigenvalue weighted by molar-refractivity contribution is 5.95. The smallest absolute Gasteiger partial charge is 0.279 e. The highest BCUT2D eigenvalue weighted by Gasteiger charge is 2.16. The SMILES string of the molecule is CC(Oc1ccc2ccccc2c1)C(=O)NNC(=O)c1ccc(OCCc2ccccc2)cc1. The molecule has 1 atom stereocenters. The van der Waals surface area contributed by atoms with Crippen LogP contribution in [0.1, 0.15) is 22.8 Å². The monoisotopic (exact) mass is 454 g/mol. The molecule has 6 nitrogen and oxygen atoms in total. The van der Waals surface area contributed by atoms with E-state index in [0.717, 1.165) is 17.2 Å². The second-order valence-corrected chi connectivity index (χ2v) is 7.82. The molecule has 0 heterocycles. The van der Waals surface area contributed by atoms with E-state index in [9.17, 15) is 9.59 Å². The third-order valence-corrected chi connectivity index (χ3v) is 5.32. The number of hydrogen-bond donors (Lipinski definition) is 2. The number of rotatable bonds is 8. The van der Waals surface area contributed by atoms with Crippen molar-refractivity contribution in [3.63, 3.8) is 0 Å². The zero-order valence-corrected chi connectivity index (χ0v) is 18.9. The van der Waals surface area contributed by atoms with E-state index in [2.05, 4.69) is 23.0 Å². The lowest BCUT2D eigenvalue weighted by atomic mass is 10.1. The first-order valence-corrected chi connectivity index (χ1v) is 11.1. The molecule has 1 unspecified atom stereocenters. The number of benzene rings is 4. The number of nitrogens with one attached hydrogen (secondary N) is 2. The fraction of sp³-hybridized carbons (Fsp3) is 0.143. The molecule has 0 saturated heterocycles. The molecule has 172 valence electrons. The van der Waals surface area contributed by atoms with E-state index in [-0.39, 0.29) is 0 Å². The molecule has 0 fully saturated rings. The van der Waals surface area contributed by atoms with E-state index < -0.39 is 17.9 Å². The molecule has 4 aromatic rings. The molecule has 6 heteroatoms. The van der Waals surface area contributed by atoms with E-state index in [1.54, 1.807) is 31.2 Å². The van der Waals surface area contributed by atoms with Gasteiger partial charge in [0.05, 0.1) is 6.61 Å². The summed E-state index contributed by atoms with van der Waals surface area (Å²) < 4.78 is 11.5. The van der Waals surface area contributed by atoms with Crippen molar-refractivity contribution in [1.82, 2.24) is 10.9 Å². The number of hydrazine groups is 1. The quantitative estimate of drug-likeness (QED) is 0.379. The number of carbonyl (C=O) groups excluding carboxylic acids is 2. The van der Waals surface area contributed by atoms with Gasteiger partial charge in [-0.25, -0.2) is 0 Å². The van der Waals surface area contributed by atoms with Gasteiger partial charge < -0.3 is 9.47 Å². The van der Waals surface area contributed by atoms with Crippen LogP contribution >= 0.6 is 0 Å². The third kappa shape index (κ3) is 6.13. The number of ether oxygens (including phenoxy) is 2. The highest BCUT2D eigenvalue weighted by Crippen LogP contribution is 2.21. The molecule has 2 amide bonds. The molecule has 0 aliphatic carbocycles. The van der Waals surface area contributed by atoms with Crippen LogP contribution in [-0.4, -0.2) is 24.5 Å². The van der Waals surface area contributed by atoms with Crippen molar-refractivity contribution in [1.29, 1.82) is 0 Å². The van der Waals surface area contributed by atoms with E-state index in [1.165, 1.54) is 5.56 Å². The minimum atomic E-state index is -0.790. The van der Waals surface area contributed by atoms with Crippen molar-refractivity contribution >= 4 is 22.6 Å². The molecule has 0 spiro atoms. The second-order valence-electron chi connectivity index (χ2n) is 7.82. The van der Waals surface area contributed by atoms with Crippen LogP contribution in [0.2, 0.25) is 0 Å². The summed E-state index contributed by atoms with van der Waals surface area (Å²) in [6.07, 6.45) is 0.0102. The fourth-order valence-electron chi connectivity index (χ4n) is 3.42. The Labute approximate surface area is 198 Å². The standard InChI is InChI=1S/C28H26N2O4/c1-20(34-26-16-11-22-9-5-6-10-24(22)19-26)27(31)29-30-28(32)23-12-14-25(15-13-23)33-18-17-21-7-3-2-4-8-21/h2-16,19-20H,17-18H2,1H3,(H,29,31)(H,30,32). The normalized spacial score (nSPS) is 11.4. The van der Waals surface area contributed by atoms with E-state index in [1.807, 2.05) is 60.7 Å². The highest BCUT2D eigenvalue weighted by atomic mass is 16.5. The molecule has 0 aliphatic rings. The van der Waals surface area contributed by atoms with E-state index >= 15 is 0 Å². The summed E-state index contributed by atoms with van der Waals surface area (Å²) in [7, 11) is 0. The zero-order valence-electron chi connectivity index (χ0n) is 18.9. The van der Waals surface area contributed by atoms with Gasteiger partial charge in [-0.1, -0.05) is 60.7 Å². The molecule has 0 aliphatic heterocycles. The van der Waals surface area contributed by atoms with Crippen molar-refractivity contribution in [3.05, 3.63) is 108 Å². The Morgan fingerprint density at radius 1 is 0.765 bits per heavy atom. The number of fused-ring (bicyclic) bond motifs is 1. The molecule has 34 heavy (non-hydrogen) atoms. The Balaban J connectivity index is 1.23. The molecular formula is C28H26N2O4. The second kappa shape index (κ2) is 11.0. The lowest BCUT2D eigenvalue weighted by Gasteiger charge is -2.15. The maximum absolute atomic E-state index is 12.4. The molecule has 4 aromatic carbocycles. The van der Waals surface area contributed by atoms with Crippen LogP contribution in [0.5, 0.6) is 11.5 Å². The van der Waals surface area contributed by atoms with Gasteiger partial charge in [-0.2, -0.15) is 0 Å². The van der Waals surface area contributed by atoms with Crippen molar-refractivity contribution in [2.24, 2.45) is 0 Å². The van der Waals surface area contributed by atoms with Crippen LogP contribution in [0.3, 0.4) is 0 Å². The van der Waals surface area contributed by atoms with Gasteiger partial charge in [0.1, 0.15) is 11.5 Å². The molecule has 0 saturated carbocycles. The summed E-state index contributed by atoms with van der Waals surface area (Å²) in [6.45, 7) is 2.17. The van der Waals surface area contributed by atoms with Crippen LogP contribution in [0.15, 0.2) is 97.1 Å². The predicted octanol–water partition coefficient (Wildman–Crippen LogP) is 4.69. The fourth-order valence-corrected chi connectivity index (χ4v) is 3.42. The summed E-state index contributed by atoms with van der Waals surface area (Å²) in [5, 5.41) is 2.11. The predicted molar refractivity (Wildman–Crippen MR) is 132 cm³/mol. The Morgan fingerprint density at radius 3 is 2.21 bits per heavy atom. The van der Waals surface area contributed by atoms with Gasteiger partial charge in [-0.05, 0) is 59.7 Å². The lowest BCUT2D eigenvalue weighted by Crippen LogP contribution is -2.47. The van der Waals surface area contributed by atoms with Gasteiger partial charge >= 0.3 is 0 Å². The minimum absolute atomic E-state index is 0.402. The third-order valence-electron chi connectivity index (χ3n) is 5.32. The van der Waals surface area contributed by atoms with Crippen LogP contribution in [-0.2, 0) is 11.2 Å². The molecule has 4 rings (SSSR count). The summed E-state index contributed by atoms with van der Waals surface area (Å²) in [6, 6.07) is 30.4. The van der Waals surface area contributed by atoms with Crippen molar-refractivity contribution in [2.75, 3.05) is 6.61 Å². The summed E-state index contributed by atoms with van der Waals surface area (Å²) in [5.41, 5.74) is 6.43. The molecule has 0 radical (unpaired) electrons. The van der Waals surface area contributed by atoms with Gasteiger partial charge in [0.2, 0.25) is 0 Å². The first-order chi connectivity index (χ1) is 16.6. The van der Waals surface area contributed by atoms with E-state index in [0.29, 0.717) is 23.7 Å². The lowest BCUT2D eigenvalue weighted by molar-refractivity contribution is -0.128. The maximum atomic E-state index is 12.4. The van der Waals surface area contributed by atoms with Crippen LogP contribution in [0.4, 0.5) is 0 Å². The molecule has 0 aromatic heterocycles. The molecule has 2 N–H and O–H groups in total. The summed E-state index contributed by atoms with van der Waals surface area (Å²) in [5.74, 6) is 0.369. The largest absolute Gasteiger partial charge is 0.493 e. The van der Waals surface area contributed by atoms with Crippen LogP contribution < -0.4 is 20.3 Å². The number of hydrogen-bond acceptors (Lipinski definition) is 4. The van der Waals surface area contributed by atoms with Gasteiger partial charge in [0, 0.05) is 12.0 Å².